The lowest BCUT2D eigenvalue weighted by molar-refractivity contribution is -0.140. The summed E-state index contributed by atoms with van der Waals surface area (Å²) in [6, 6.07) is -0.500. The van der Waals surface area contributed by atoms with Crippen LogP contribution in [0.5, 0.6) is 0 Å². The van der Waals surface area contributed by atoms with Crippen LogP contribution in [0.2, 0.25) is 0 Å². The first-order valence-electron chi connectivity index (χ1n) is 5.89. The van der Waals surface area contributed by atoms with E-state index in [1.165, 1.54) is 12.3 Å². The van der Waals surface area contributed by atoms with Crippen molar-refractivity contribution in [3.05, 3.63) is 24.2 Å². The fourth-order valence-electron chi connectivity index (χ4n) is 1.89. The molecule has 2 unspecified atom stereocenters. The van der Waals surface area contributed by atoms with Gasteiger partial charge in [0.1, 0.15) is 5.82 Å². The number of nitrogens with one attached hydrogen (secondary N) is 2. The van der Waals surface area contributed by atoms with Gasteiger partial charge in [0, 0.05) is 12.5 Å². The van der Waals surface area contributed by atoms with E-state index in [1.54, 1.807) is 6.08 Å². The number of nitrogens with zero attached hydrogens (tertiary/aromatic N) is 1. The largest absolute Gasteiger partial charge is 0.481 e. The first kappa shape index (κ1) is 13.8. The van der Waals surface area contributed by atoms with Crippen LogP contribution in [0.15, 0.2) is 23.4 Å². The Kier molecular flexibility index (Phi) is 3.72. The molecule has 1 aromatic rings. The van der Waals surface area contributed by atoms with Gasteiger partial charge >= 0.3 is 5.97 Å². The molecule has 0 radical (unpaired) electrons. The third-order valence-electron chi connectivity index (χ3n) is 2.94. The van der Waals surface area contributed by atoms with Gasteiger partial charge in [0.05, 0.1) is 12.1 Å². The zero-order valence-corrected chi connectivity index (χ0v) is 11.1. The molecule has 8 heteroatoms. The molecule has 0 spiro atoms. The Balaban J connectivity index is 2.07. The van der Waals surface area contributed by atoms with Crippen LogP contribution in [0.25, 0.3) is 0 Å². The average Bonchev–Trinajstić information content (AvgIpc) is 2.96. The van der Waals surface area contributed by atoms with E-state index in [0.29, 0.717) is 12.2 Å². The molecule has 104 valence electrons. The Hall–Kier alpha value is -1.67. The summed E-state index contributed by atoms with van der Waals surface area (Å²) >= 11 is 0. The third kappa shape index (κ3) is 3.02. The van der Waals surface area contributed by atoms with E-state index in [9.17, 15) is 13.2 Å². The van der Waals surface area contributed by atoms with Gasteiger partial charge in [-0.1, -0.05) is 19.1 Å². The summed E-state index contributed by atoms with van der Waals surface area (Å²) in [5.74, 6) is -1.00. The van der Waals surface area contributed by atoms with Gasteiger partial charge < -0.3 is 10.1 Å². The Morgan fingerprint density at radius 1 is 1.58 bits per heavy atom. The highest BCUT2D eigenvalue weighted by molar-refractivity contribution is 7.89. The number of imidazole rings is 1. The predicted octanol–water partition coefficient (Wildman–Crippen LogP) is 0.280. The number of carboxylic acids is 1. The van der Waals surface area contributed by atoms with E-state index in [0.717, 1.165) is 0 Å². The van der Waals surface area contributed by atoms with Gasteiger partial charge in [-0.25, -0.2) is 18.1 Å². The van der Waals surface area contributed by atoms with Gasteiger partial charge in [-0.05, 0) is 6.42 Å². The van der Waals surface area contributed by atoms with Crippen LogP contribution in [0.1, 0.15) is 19.2 Å². The Bertz CT molecular complexity index is 605. The minimum absolute atomic E-state index is 0.00322. The second kappa shape index (κ2) is 5.14. The van der Waals surface area contributed by atoms with Gasteiger partial charge in [0.25, 0.3) is 10.0 Å². The lowest BCUT2D eigenvalue weighted by Gasteiger charge is -2.11. The van der Waals surface area contributed by atoms with Crippen molar-refractivity contribution >= 4 is 16.0 Å². The maximum atomic E-state index is 12.0. The van der Waals surface area contributed by atoms with E-state index < -0.39 is 28.0 Å². The number of carboxylic acid groups (broad SMARTS) is 1. The molecule has 0 aromatic carbocycles. The molecule has 1 aliphatic carbocycles. The van der Waals surface area contributed by atoms with Crippen LogP contribution in [-0.4, -0.2) is 35.5 Å². The van der Waals surface area contributed by atoms with Gasteiger partial charge in [-0.15, -0.1) is 0 Å². The van der Waals surface area contributed by atoms with Crippen molar-refractivity contribution in [1.82, 2.24) is 14.7 Å². The molecule has 19 heavy (non-hydrogen) atoms. The summed E-state index contributed by atoms with van der Waals surface area (Å²) in [4.78, 5) is 17.4. The highest BCUT2D eigenvalue weighted by Gasteiger charge is 2.28. The number of aliphatic carboxylic acids is 1. The number of aromatic amines is 1. The molecule has 1 aromatic heterocycles. The number of aromatic nitrogens is 2. The van der Waals surface area contributed by atoms with Gasteiger partial charge in [-0.2, -0.15) is 0 Å². The van der Waals surface area contributed by atoms with Crippen LogP contribution in [0.4, 0.5) is 0 Å². The van der Waals surface area contributed by atoms with Crippen molar-refractivity contribution in [2.45, 2.75) is 30.8 Å². The summed E-state index contributed by atoms with van der Waals surface area (Å²) in [5, 5.41) is 8.83. The number of aryl methyl sites for hydroxylation is 1. The van der Waals surface area contributed by atoms with Crippen LogP contribution in [-0.2, 0) is 21.2 Å². The van der Waals surface area contributed by atoms with Crippen molar-refractivity contribution in [3.63, 3.8) is 0 Å². The third-order valence-corrected chi connectivity index (χ3v) is 4.34. The minimum atomic E-state index is -3.69. The summed E-state index contributed by atoms with van der Waals surface area (Å²) in [5.41, 5.74) is 0. The van der Waals surface area contributed by atoms with Crippen LogP contribution in [0.3, 0.4) is 0 Å². The number of sulfonamides is 1. The molecule has 0 saturated carbocycles. The summed E-state index contributed by atoms with van der Waals surface area (Å²) in [6.45, 7) is 1.86. The molecule has 7 nitrogen and oxygen atoms in total. The standard InChI is InChI=1S/C11H15N3O4S/c1-2-9-12-6-10(13-9)19(17,18)14-8-4-3-7(5-8)11(15)16/h3-4,6-8,14H,2,5H2,1H3,(H,12,13)(H,15,16). The Labute approximate surface area is 110 Å². The molecule has 2 atom stereocenters. The second-order valence-electron chi connectivity index (χ2n) is 4.34. The average molecular weight is 285 g/mol. The molecule has 0 aliphatic heterocycles. The number of hydrogen-bond acceptors (Lipinski definition) is 4. The molecule has 2 rings (SSSR count). The molecular weight excluding hydrogens is 270 g/mol. The fourth-order valence-corrected chi connectivity index (χ4v) is 3.04. The number of rotatable bonds is 5. The highest BCUT2D eigenvalue weighted by atomic mass is 32.2. The SMILES string of the molecule is CCc1ncc(S(=O)(=O)NC2C=CC(C(=O)O)C2)[nH]1. The normalized spacial score (nSPS) is 22.8. The predicted molar refractivity (Wildman–Crippen MR) is 67.0 cm³/mol. The number of carbonyl (C=O) groups is 1. The van der Waals surface area contributed by atoms with E-state index in [-0.39, 0.29) is 11.4 Å². The zero-order valence-electron chi connectivity index (χ0n) is 10.3. The Morgan fingerprint density at radius 3 is 2.84 bits per heavy atom. The molecule has 0 amide bonds. The van der Waals surface area contributed by atoms with Crippen molar-refractivity contribution in [2.24, 2.45) is 5.92 Å². The lowest BCUT2D eigenvalue weighted by atomic mass is 10.1. The topological polar surface area (TPSA) is 112 Å². The second-order valence-corrected chi connectivity index (χ2v) is 6.02. The van der Waals surface area contributed by atoms with Gasteiger partial charge in [-0.3, -0.25) is 4.79 Å². The molecule has 0 saturated heterocycles. The first-order valence-corrected chi connectivity index (χ1v) is 7.38. The van der Waals surface area contributed by atoms with Crippen LogP contribution < -0.4 is 4.72 Å². The molecule has 0 fully saturated rings. The van der Waals surface area contributed by atoms with Gasteiger partial charge in [0.2, 0.25) is 0 Å². The van der Waals surface area contributed by atoms with E-state index >= 15 is 0 Å². The van der Waals surface area contributed by atoms with E-state index in [1.807, 2.05) is 6.92 Å². The molecular formula is C11H15N3O4S. The summed E-state index contributed by atoms with van der Waals surface area (Å²) in [6.07, 6.45) is 5.16. The number of H-pyrrole nitrogens is 1. The molecule has 0 bridgehead atoms. The molecule has 1 heterocycles. The fraction of sp³-hybridized carbons (Fsp3) is 0.455. The van der Waals surface area contributed by atoms with Crippen molar-refractivity contribution in [1.29, 1.82) is 0 Å². The van der Waals surface area contributed by atoms with Crippen molar-refractivity contribution < 1.29 is 18.3 Å². The quantitative estimate of drug-likeness (QED) is 0.673. The number of hydrogen-bond donors (Lipinski definition) is 3. The molecule has 3 N–H and O–H groups in total. The van der Waals surface area contributed by atoms with E-state index in [4.69, 9.17) is 5.11 Å². The monoisotopic (exact) mass is 285 g/mol. The van der Waals surface area contributed by atoms with E-state index in [2.05, 4.69) is 14.7 Å². The van der Waals surface area contributed by atoms with Crippen molar-refractivity contribution in [3.8, 4) is 0 Å². The maximum absolute atomic E-state index is 12.0. The van der Waals surface area contributed by atoms with Crippen LogP contribution in [0, 0.1) is 5.92 Å². The Morgan fingerprint density at radius 2 is 2.32 bits per heavy atom. The minimum Gasteiger partial charge on any atom is -0.481 e. The van der Waals surface area contributed by atoms with Crippen molar-refractivity contribution in [2.75, 3.05) is 0 Å². The first-order chi connectivity index (χ1) is 8.92. The lowest BCUT2D eigenvalue weighted by Crippen LogP contribution is -2.33. The maximum Gasteiger partial charge on any atom is 0.310 e. The summed E-state index contributed by atoms with van der Waals surface area (Å²) < 4.78 is 26.5. The molecule has 1 aliphatic rings. The smallest absolute Gasteiger partial charge is 0.310 e. The highest BCUT2D eigenvalue weighted by Crippen LogP contribution is 2.19. The zero-order chi connectivity index (χ0) is 14.0. The van der Waals surface area contributed by atoms with Gasteiger partial charge in [0.15, 0.2) is 5.03 Å². The summed E-state index contributed by atoms with van der Waals surface area (Å²) in [7, 11) is -3.69. The van der Waals surface area contributed by atoms with Crippen LogP contribution >= 0.6 is 0 Å².